The first-order valence-electron chi connectivity index (χ1n) is 10.5. The lowest BCUT2D eigenvalue weighted by Gasteiger charge is -2.22. The molecular formula is C23H20F3N5OS. The number of amides is 1. The Kier molecular flexibility index (Phi) is 5.53. The summed E-state index contributed by atoms with van der Waals surface area (Å²) < 4.78 is 43.6. The highest BCUT2D eigenvalue weighted by Crippen LogP contribution is 2.33. The van der Waals surface area contributed by atoms with Crippen LogP contribution < -0.4 is 4.90 Å². The van der Waals surface area contributed by atoms with Crippen molar-refractivity contribution in [2.24, 2.45) is 0 Å². The molecule has 1 amide bonds. The van der Waals surface area contributed by atoms with Crippen LogP contribution in [0.4, 0.5) is 18.3 Å². The molecule has 1 aliphatic heterocycles. The molecule has 10 heteroatoms. The van der Waals surface area contributed by atoms with Gasteiger partial charge in [0, 0.05) is 26.2 Å². The molecule has 0 unspecified atom stereocenters. The molecule has 2 aromatic heterocycles. The van der Waals surface area contributed by atoms with E-state index in [-0.39, 0.29) is 11.4 Å². The summed E-state index contributed by atoms with van der Waals surface area (Å²) in [5.41, 5.74) is 1.99. The first-order valence-corrected chi connectivity index (χ1v) is 11.3. The average Bonchev–Trinajstić information content (AvgIpc) is 3.26. The standard InChI is InChI=1S/C23H20F3N5OS/c1-14-20-21(31(28-14)17-6-3-15(24)4-7-17)27-23(33-20)30-10-2-9-29(11-12-30)22(32)18-13-16(25)5-8-19(18)26/h3-8,13H,2,9-12H2,1H3. The fraction of sp³-hybridized carbons (Fsp3) is 0.261. The molecule has 6 nitrogen and oxygen atoms in total. The molecule has 1 saturated heterocycles. The van der Waals surface area contributed by atoms with Gasteiger partial charge in [-0.2, -0.15) is 10.1 Å². The van der Waals surface area contributed by atoms with Gasteiger partial charge in [0.1, 0.15) is 17.5 Å². The molecule has 33 heavy (non-hydrogen) atoms. The summed E-state index contributed by atoms with van der Waals surface area (Å²) in [6.07, 6.45) is 0.668. The van der Waals surface area contributed by atoms with Crippen LogP contribution in [0, 0.1) is 24.4 Å². The van der Waals surface area contributed by atoms with E-state index in [0.717, 1.165) is 39.4 Å². The number of fused-ring (bicyclic) bond motifs is 1. The van der Waals surface area contributed by atoms with Crippen LogP contribution in [-0.2, 0) is 0 Å². The van der Waals surface area contributed by atoms with Crippen LogP contribution >= 0.6 is 11.3 Å². The maximum absolute atomic E-state index is 14.1. The minimum Gasteiger partial charge on any atom is -0.346 e. The molecule has 0 N–H and O–H groups in total. The molecule has 0 atom stereocenters. The Labute approximate surface area is 191 Å². The van der Waals surface area contributed by atoms with Crippen molar-refractivity contribution in [2.45, 2.75) is 13.3 Å². The van der Waals surface area contributed by atoms with Gasteiger partial charge in [0.15, 0.2) is 10.8 Å². The monoisotopic (exact) mass is 471 g/mol. The number of carbonyl (C=O) groups excluding carboxylic acids is 1. The van der Waals surface area contributed by atoms with Crippen molar-refractivity contribution >= 4 is 32.7 Å². The number of aromatic nitrogens is 3. The molecule has 1 aliphatic rings. The maximum Gasteiger partial charge on any atom is 0.256 e. The Morgan fingerprint density at radius 1 is 0.970 bits per heavy atom. The summed E-state index contributed by atoms with van der Waals surface area (Å²) in [5.74, 6) is -2.20. The van der Waals surface area contributed by atoms with Crippen LogP contribution in [-0.4, -0.2) is 51.8 Å². The quantitative estimate of drug-likeness (QED) is 0.440. The Morgan fingerprint density at radius 2 is 1.73 bits per heavy atom. The van der Waals surface area contributed by atoms with Gasteiger partial charge in [-0.15, -0.1) is 0 Å². The molecule has 5 rings (SSSR count). The van der Waals surface area contributed by atoms with E-state index in [0.29, 0.717) is 38.2 Å². The molecule has 0 radical (unpaired) electrons. The lowest BCUT2D eigenvalue weighted by Crippen LogP contribution is -2.35. The van der Waals surface area contributed by atoms with E-state index in [4.69, 9.17) is 4.98 Å². The van der Waals surface area contributed by atoms with Gasteiger partial charge in [-0.3, -0.25) is 4.79 Å². The van der Waals surface area contributed by atoms with Gasteiger partial charge in [0.05, 0.1) is 21.6 Å². The summed E-state index contributed by atoms with van der Waals surface area (Å²) in [5, 5.41) is 5.34. The molecule has 0 bridgehead atoms. The van der Waals surface area contributed by atoms with E-state index in [1.54, 1.807) is 21.7 Å². The molecule has 0 aliphatic carbocycles. The lowest BCUT2D eigenvalue weighted by molar-refractivity contribution is 0.0761. The van der Waals surface area contributed by atoms with Crippen LogP contribution in [0.25, 0.3) is 16.0 Å². The minimum absolute atomic E-state index is 0.251. The summed E-state index contributed by atoms with van der Waals surface area (Å²) in [4.78, 5) is 21.2. The van der Waals surface area contributed by atoms with E-state index >= 15 is 0 Å². The highest BCUT2D eigenvalue weighted by molar-refractivity contribution is 7.22. The van der Waals surface area contributed by atoms with Crippen LogP contribution in [0.5, 0.6) is 0 Å². The molecule has 1 fully saturated rings. The second-order valence-corrected chi connectivity index (χ2v) is 8.86. The van der Waals surface area contributed by atoms with Gasteiger partial charge in [-0.05, 0) is 55.8 Å². The normalized spacial score (nSPS) is 14.7. The van der Waals surface area contributed by atoms with Gasteiger partial charge in [-0.25, -0.2) is 17.9 Å². The fourth-order valence-electron chi connectivity index (χ4n) is 3.96. The number of halogens is 3. The predicted octanol–water partition coefficient (Wildman–Crippen LogP) is 4.56. The molecular weight excluding hydrogens is 451 g/mol. The summed E-state index contributed by atoms with van der Waals surface area (Å²) in [6, 6.07) is 8.99. The molecule has 4 aromatic rings. The number of thiazole rings is 1. The van der Waals surface area contributed by atoms with E-state index in [9.17, 15) is 18.0 Å². The summed E-state index contributed by atoms with van der Waals surface area (Å²) >= 11 is 1.51. The first kappa shape index (κ1) is 21.4. The van der Waals surface area contributed by atoms with Crippen molar-refractivity contribution in [3.05, 3.63) is 71.2 Å². The Bertz CT molecular complexity index is 1330. The summed E-state index contributed by atoms with van der Waals surface area (Å²) in [7, 11) is 0. The van der Waals surface area contributed by atoms with Crippen molar-refractivity contribution < 1.29 is 18.0 Å². The SMILES string of the molecule is Cc1nn(-c2ccc(F)cc2)c2nc(N3CCCN(C(=O)c4cc(F)ccc4F)CC3)sc12. The Hall–Kier alpha value is -3.40. The smallest absolute Gasteiger partial charge is 0.256 e. The number of benzene rings is 2. The second kappa shape index (κ2) is 8.51. The molecule has 0 spiro atoms. The zero-order valence-electron chi connectivity index (χ0n) is 17.8. The third-order valence-electron chi connectivity index (χ3n) is 5.66. The van der Waals surface area contributed by atoms with Crippen molar-refractivity contribution in [1.82, 2.24) is 19.7 Å². The zero-order chi connectivity index (χ0) is 23.1. The van der Waals surface area contributed by atoms with E-state index < -0.39 is 17.5 Å². The highest BCUT2D eigenvalue weighted by atomic mass is 32.1. The Balaban J connectivity index is 1.38. The summed E-state index contributed by atoms with van der Waals surface area (Å²) in [6.45, 7) is 3.91. The number of anilines is 1. The van der Waals surface area contributed by atoms with Crippen LogP contribution in [0.15, 0.2) is 42.5 Å². The molecule has 170 valence electrons. The number of carbonyl (C=O) groups is 1. The second-order valence-electron chi connectivity index (χ2n) is 7.88. The van der Waals surface area contributed by atoms with Crippen LogP contribution in [0.1, 0.15) is 22.5 Å². The average molecular weight is 472 g/mol. The number of hydrogen-bond donors (Lipinski definition) is 0. The van der Waals surface area contributed by atoms with Gasteiger partial charge in [-0.1, -0.05) is 11.3 Å². The van der Waals surface area contributed by atoms with E-state index in [1.807, 2.05) is 6.92 Å². The van der Waals surface area contributed by atoms with Crippen LogP contribution in [0.2, 0.25) is 0 Å². The van der Waals surface area contributed by atoms with E-state index in [1.165, 1.54) is 23.5 Å². The Morgan fingerprint density at radius 3 is 2.52 bits per heavy atom. The number of nitrogens with zero attached hydrogens (tertiary/aromatic N) is 5. The fourth-order valence-corrected chi connectivity index (χ4v) is 5.00. The highest BCUT2D eigenvalue weighted by Gasteiger charge is 2.25. The van der Waals surface area contributed by atoms with Gasteiger partial charge >= 0.3 is 0 Å². The maximum atomic E-state index is 14.1. The lowest BCUT2D eigenvalue weighted by atomic mass is 10.1. The van der Waals surface area contributed by atoms with Crippen molar-refractivity contribution in [2.75, 3.05) is 31.1 Å². The van der Waals surface area contributed by atoms with E-state index in [2.05, 4.69) is 10.00 Å². The van der Waals surface area contributed by atoms with Crippen LogP contribution in [0.3, 0.4) is 0 Å². The van der Waals surface area contributed by atoms with Crippen molar-refractivity contribution in [3.63, 3.8) is 0 Å². The molecule has 2 aromatic carbocycles. The predicted molar refractivity (Wildman–Crippen MR) is 121 cm³/mol. The van der Waals surface area contributed by atoms with Gasteiger partial charge in [0.25, 0.3) is 5.91 Å². The minimum atomic E-state index is -0.727. The third-order valence-corrected chi connectivity index (χ3v) is 6.88. The topological polar surface area (TPSA) is 54.3 Å². The van der Waals surface area contributed by atoms with Crippen molar-refractivity contribution in [1.29, 1.82) is 0 Å². The molecule has 0 saturated carbocycles. The molecule has 3 heterocycles. The number of rotatable bonds is 3. The number of hydrogen-bond acceptors (Lipinski definition) is 5. The van der Waals surface area contributed by atoms with Gasteiger partial charge in [0.2, 0.25) is 0 Å². The third kappa shape index (κ3) is 4.06. The zero-order valence-corrected chi connectivity index (χ0v) is 18.6. The first-order chi connectivity index (χ1) is 15.9. The largest absolute Gasteiger partial charge is 0.346 e. The van der Waals surface area contributed by atoms with Gasteiger partial charge < -0.3 is 9.80 Å². The van der Waals surface area contributed by atoms with Crippen molar-refractivity contribution in [3.8, 4) is 5.69 Å². The number of aryl methyl sites for hydroxylation is 1.